The Morgan fingerprint density at radius 3 is 2.65 bits per heavy atom. The zero-order chi connectivity index (χ0) is 12.3. The summed E-state index contributed by atoms with van der Waals surface area (Å²) in [5.74, 6) is -0.0520. The maximum atomic E-state index is 12.0. The van der Waals surface area contributed by atoms with Gasteiger partial charge in [0.25, 0.3) is 0 Å². The molecule has 17 heavy (non-hydrogen) atoms. The molecule has 0 saturated carbocycles. The molecule has 0 unspecified atom stereocenters. The Hall–Kier alpha value is -1.45. The molecule has 1 atom stereocenters. The number of hydrogen-bond acceptors (Lipinski definition) is 3. The number of carbonyl (C=O) groups is 1. The fourth-order valence-corrected chi connectivity index (χ4v) is 2.70. The van der Waals surface area contributed by atoms with Gasteiger partial charge in [-0.15, -0.1) is 0 Å². The van der Waals surface area contributed by atoms with E-state index in [0.717, 1.165) is 15.7 Å². The number of nitrogens with zero attached hydrogens (tertiary/aromatic N) is 2. The van der Waals surface area contributed by atoms with Crippen molar-refractivity contribution < 1.29 is 4.79 Å². The van der Waals surface area contributed by atoms with Crippen LogP contribution in [-0.2, 0) is 0 Å². The van der Waals surface area contributed by atoms with Crippen LogP contribution in [0, 0.1) is 6.92 Å². The first-order chi connectivity index (χ1) is 8.18. The van der Waals surface area contributed by atoms with Crippen LogP contribution in [-0.4, -0.2) is 29.8 Å². The molecule has 1 heterocycles. The van der Waals surface area contributed by atoms with Crippen molar-refractivity contribution in [2.45, 2.75) is 19.9 Å². The van der Waals surface area contributed by atoms with Crippen LogP contribution in [0.3, 0.4) is 0 Å². The maximum absolute atomic E-state index is 12.0. The Morgan fingerprint density at radius 1 is 1.35 bits per heavy atom. The summed E-state index contributed by atoms with van der Waals surface area (Å²) in [6.07, 6.45) is 0. The molecule has 0 aliphatic carbocycles. The van der Waals surface area contributed by atoms with Crippen LogP contribution in [0.5, 0.6) is 0 Å². The van der Waals surface area contributed by atoms with Crippen molar-refractivity contribution in [3.63, 3.8) is 0 Å². The number of carbonyl (C=O) groups excluding carboxylic acids is 1. The Balaban J connectivity index is 2.08. The second-order valence-electron chi connectivity index (χ2n) is 3.79. The van der Waals surface area contributed by atoms with Crippen molar-refractivity contribution >= 4 is 20.6 Å². The van der Waals surface area contributed by atoms with E-state index in [1.807, 2.05) is 44.2 Å². The summed E-state index contributed by atoms with van der Waals surface area (Å²) >= 11 is -0.162. The van der Waals surface area contributed by atoms with Crippen LogP contribution in [0.4, 0.5) is 0 Å². The van der Waals surface area contributed by atoms with Gasteiger partial charge < -0.3 is 0 Å². The van der Waals surface area contributed by atoms with E-state index in [2.05, 4.69) is 14.5 Å². The predicted molar refractivity (Wildman–Crippen MR) is 66.0 cm³/mol. The Kier molecular flexibility index (Phi) is 3.71. The summed E-state index contributed by atoms with van der Waals surface area (Å²) in [5.41, 5.74) is 1.83. The molecule has 1 aromatic carbocycles. The van der Waals surface area contributed by atoms with Crippen LogP contribution in [0.15, 0.2) is 30.3 Å². The van der Waals surface area contributed by atoms with Gasteiger partial charge in [0.1, 0.15) is 0 Å². The van der Waals surface area contributed by atoms with Crippen molar-refractivity contribution in [1.29, 1.82) is 0 Å². The number of aryl methyl sites for hydroxylation is 1. The first-order valence-electron chi connectivity index (χ1n) is 5.33. The molecule has 0 aliphatic heterocycles. The second kappa shape index (κ2) is 5.25. The molecule has 0 spiro atoms. The number of rotatable bonds is 3. The Labute approximate surface area is 106 Å². The summed E-state index contributed by atoms with van der Waals surface area (Å²) in [6.45, 7) is 3.79. The molecule has 0 radical (unpaired) electrons. The van der Waals surface area contributed by atoms with E-state index in [-0.39, 0.29) is 26.7 Å². The van der Waals surface area contributed by atoms with Gasteiger partial charge >= 0.3 is 106 Å². The van der Waals surface area contributed by atoms with Crippen LogP contribution in [0.2, 0.25) is 0 Å². The normalized spacial score (nSPS) is 12.1. The van der Waals surface area contributed by atoms with Crippen LogP contribution < -0.4 is 5.32 Å². The van der Waals surface area contributed by atoms with E-state index in [0.29, 0.717) is 0 Å². The average Bonchev–Trinajstić information content (AvgIpc) is 2.76. The standard InChI is InChI=1S/C12H13N3OSe/c1-8(10-6-4-3-5-7-10)13-12(16)11-9(2)14-15-17-11/h3-8H,1-2H3,(H,13,16)/t8-/m0/s1. The summed E-state index contributed by atoms with van der Waals surface area (Å²) in [7, 11) is 0. The van der Waals surface area contributed by atoms with Crippen LogP contribution >= 0.6 is 0 Å². The molecular formula is C12H13N3OSe. The van der Waals surface area contributed by atoms with Gasteiger partial charge in [0.2, 0.25) is 0 Å². The van der Waals surface area contributed by atoms with Crippen molar-refractivity contribution in [1.82, 2.24) is 14.5 Å². The molecule has 1 N–H and O–H groups in total. The fraction of sp³-hybridized carbons (Fsp3) is 0.250. The second-order valence-corrected chi connectivity index (χ2v) is 5.38. The molecule has 0 aliphatic rings. The number of hydrogen-bond donors (Lipinski definition) is 1. The van der Waals surface area contributed by atoms with Gasteiger partial charge in [0.15, 0.2) is 0 Å². The molecule has 2 aromatic rings. The third kappa shape index (κ3) is 2.81. The summed E-state index contributed by atoms with van der Waals surface area (Å²) in [4.78, 5) is 12.0. The molecule has 1 amide bonds. The first kappa shape index (κ1) is 12.0. The molecule has 88 valence electrons. The third-order valence-corrected chi connectivity index (χ3v) is 4.24. The summed E-state index contributed by atoms with van der Waals surface area (Å²) < 4.78 is 4.62. The number of benzene rings is 1. The van der Waals surface area contributed by atoms with E-state index in [9.17, 15) is 4.79 Å². The molecule has 0 bridgehead atoms. The predicted octanol–water partition coefficient (Wildman–Crippen LogP) is 1.33. The average molecular weight is 294 g/mol. The van der Waals surface area contributed by atoms with Crippen LogP contribution in [0.1, 0.15) is 33.5 Å². The molecular weight excluding hydrogens is 281 g/mol. The summed E-state index contributed by atoms with van der Waals surface area (Å²) in [5, 5.41) is 6.86. The molecule has 4 nitrogen and oxygen atoms in total. The third-order valence-electron chi connectivity index (χ3n) is 2.50. The molecule has 0 fully saturated rings. The van der Waals surface area contributed by atoms with Gasteiger partial charge in [-0.3, -0.25) is 0 Å². The van der Waals surface area contributed by atoms with E-state index < -0.39 is 0 Å². The van der Waals surface area contributed by atoms with Crippen molar-refractivity contribution in [2.75, 3.05) is 0 Å². The number of nitrogens with one attached hydrogen (secondary N) is 1. The minimum absolute atomic E-state index is 0.000370. The zero-order valence-electron chi connectivity index (χ0n) is 9.68. The quantitative estimate of drug-likeness (QED) is 0.869. The van der Waals surface area contributed by atoms with Gasteiger partial charge in [-0.1, -0.05) is 0 Å². The van der Waals surface area contributed by atoms with Crippen LogP contribution in [0.25, 0.3) is 0 Å². The zero-order valence-corrected chi connectivity index (χ0v) is 11.4. The summed E-state index contributed by atoms with van der Waals surface area (Å²) in [6, 6.07) is 9.89. The van der Waals surface area contributed by atoms with E-state index in [4.69, 9.17) is 0 Å². The Morgan fingerprint density at radius 2 is 2.06 bits per heavy atom. The minimum atomic E-state index is -0.162. The first-order valence-corrected chi connectivity index (χ1v) is 6.95. The topological polar surface area (TPSA) is 54.9 Å². The van der Waals surface area contributed by atoms with Gasteiger partial charge in [0, 0.05) is 0 Å². The van der Waals surface area contributed by atoms with E-state index >= 15 is 0 Å². The fourth-order valence-electron chi connectivity index (χ4n) is 1.53. The monoisotopic (exact) mass is 295 g/mol. The van der Waals surface area contributed by atoms with Crippen molar-refractivity contribution in [3.05, 3.63) is 46.0 Å². The van der Waals surface area contributed by atoms with Gasteiger partial charge in [-0.25, -0.2) is 0 Å². The van der Waals surface area contributed by atoms with E-state index in [1.165, 1.54) is 0 Å². The molecule has 5 heteroatoms. The number of aromatic nitrogens is 2. The number of amides is 1. The van der Waals surface area contributed by atoms with Gasteiger partial charge in [-0.2, -0.15) is 0 Å². The SMILES string of the molecule is Cc1nn[se]c1C(=O)N[C@@H](C)c1ccccc1. The molecule has 2 rings (SSSR count). The van der Waals surface area contributed by atoms with Gasteiger partial charge in [0.05, 0.1) is 0 Å². The van der Waals surface area contributed by atoms with Crippen molar-refractivity contribution in [2.24, 2.45) is 0 Å². The van der Waals surface area contributed by atoms with E-state index in [1.54, 1.807) is 0 Å². The molecule has 1 aromatic heterocycles. The molecule has 0 saturated heterocycles. The Bertz CT molecular complexity index is 509. The van der Waals surface area contributed by atoms with Gasteiger partial charge in [-0.05, 0) is 0 Å². The van der Waals surface area contributed by atoms with Crippen molar-refractivity contribution in [3.8, 4) is 0 Å².